The summed E-state index contributed by atoms with van der Waals surface area (Å²) in [5.41, 5.74) is 0.653. The first-order valence-electron chi connectivity index (χ1n) is 2.27. The van der Waals surface area contributed by atoms with Crippen LogP contribution in [0.3, 0.4) is 0 Å². The van der Waals surface area contributed by atoms with Crippen molar-refractivity contribution in [2.75, 3.05) is 0 Å². The maximum Gasteiger partial charge on any atom is 0.0943 e. The molecule has 0 atom stereocenters. The number of allylic oxidation sites excluding steroid dienone is 1. The van der Waals surface area contributed by atoms with Gasteiger partial charge in [-0.05, 0) is 5.92 Å². The number of nitriles is 1. The lowest BCUT2D eigenvalue weighted by Gasteiger charge is -1.94. The van der Waals surface area contributed by atoms with E-state index in [1.807, 2.05) is 19.9 Å². The van der Waals surface area contributed by atoms with Crippen molar-refractivity contribution in [2.45, 2.75) is 13.8 Å². The van der Waals surface area contributed by atoms with Gasteiger partial charge in [0, 0.05) is 5.57 Å². The summed E-state index contributed by atoms with van der Waals surface area (Å²) in [6.07, 6.45) is 0. The topological polar surface area (TPSA) is 23.8 Å². The lowest BCUT2D eigenvalue weighted by atomic mass is 10.1. The molecule has 0 saturated heterocycles. The van der Waals surface area contributed by atoms with Gasteiger partial charge in [0.1, 0.15) is 0 Å². The highest BCUT2D eigenvalue weighted by Crippen LogP contribution is 2.02. The van der Waals surface area contributed by atoms with E-state index in [2.05, 4.69) is 6.58 Å². The van der Waals surface area contributed by atoms with Crippen LogP contribution in [-0.2, 0) is 0 Å². The second kappa shape index (κ2) is 2.41. The van der Waals surface area contributed by atoms with Gasteiger partial charge in [-0.25, -0.2) is 0 Å². The van der Waals surface area contributed by atoms with Crippen LogP contribution in [0.1, 0.15) is 13.8 Å². The maximum absolute atomic E-state index is 8.16. The highest BCUT2D eigenvalue weighted by molar-refractivity contribution is 5.17. The van der Waals surface area contributed by atoms with Crippen molar-refractivity contribution in [1.82, 2.24) is 0 Å². The zero-order chi connectivity index (χ0) is 5.86. The van der Waals surface area contributed by atoms with Crippen molar-refractivity contribution in [1.29, 1.82) is 5.26 Å². The first-order chi connectivity index (χ1) is 3.18. The molecule has 0 aliphatic carbocycles. The Kier molecular flexibility index (Phi) is 2.15. The molecule has 0 aromatic heterocycles. The van der Waals surface area contributed by atoms with Crippen LogP contribution in [0.5, 0.6) is 0 Å². The van der Waals surface area contributed by atoms with Gasteiger partial charge in [-0.2, -0.15) is 5.26 Å². The summed E-state index contributed by atoms with van der Waals surface area (Å²) in [6.45, 7) is 7.41. The van der Waals surface area contributed by atoms with Crippen molar-refractivity contribution >= 4 is 0 Å². The van der Waals surface area contributed by atoms with Crippen molar-refractivity contribution in [3.8, 4) is 6.07 Å². The van der Waals surface area contributed by atoms with E-state index in [1.54, 1.807) is 0 Å². The van der Waals surface area contributed by atoms with Crippen LogP contribution in [-0.4, -0.2) is 0 Å². The number of hydrogen-bond acceptors (Lipinski definition) is 1. The molecule has 0 aromatic carbocycles. The van der Waals surface area contributed by atoms with Crippen LogP contribution >= 0.6 is 0 Å². The Labute approximate surface area is 44.3 Å². The van der Waals surface area contributed by atoms with Gasteiger partial charge >= 0.3 is 0 Å². The molecule has 0 heterocycles. The van der Waals surface area contributed by atoms with Crippen molar-refractivity contribution in [2.24, 2.45) is 5.92 Å². The molecule has 0 amide bonds. The number of rotatable bonds is 1. The molecule has 0 radical (unpaired) electrons. The normalized spacial score (nSPS) is 8.29. The molecule has 0 aliphatic rings. The lowest BCUT2D eigenvalue weighted by molar-refractivity contribution is 0.799. The summed E-state index contributed by atoms with van der Waals surface area (Å²) < 4.78 is 0. The molecular weight excluding hydrogens is 86.1 g/mol. The van der Waals surface area contributed by atoms with E-state index >= 15 is 0 Å². The van der Waals surface area contributed by atoms with E-state index < -0.39 is 0 Å². The summed E-state index contributed by atoms with van der Waals surface area (Å²) >= 11 is 0. The summed E-state index contributed by atoms with van der Waals surface area (Å²) in [5, 5.41) is 8.16. The molecule has 1 heteroatoms. The molecular formula is C6H9N. The Balaban J connectivity index is 3.64. The summed E-state index contributed by atoms with van der Waals surface area (Å²) in [5.74, 6) is 0.310. The van der Waals surface area contributed by atoms with Crippen LogP contribution in [0.25, 0.3) is 0 Å². The van der Waals surface area contributed by atoms with Gasteiger partial charge < -0.3 is 0 Å². The van der Waals surface area contributed by atoms with E-state index in [9.17, 15) is 0 Å². The highest BCUT2D eigenvalue weighted by atomic mass is 14.2. The Morgan fingerprint density at radius 1 is 1.71 bits per heavy atom. The monoisotopic (exact) mass is 95.1 g/mol. The van der Waals surface area contributed by atoms with E-state index in [0.717, 1.165) is 0 Å². The SMILES string of the molecule is C=C(C#N)C(C)C. The van der Waals surface area contributed by atoms with Crippen LogP contribution in [0, 0.1) is 17.2 Å². The summed E-state index contributed by atoms with van der Waals surface area (Å²) in [4.78, 5) is 0. The lowest BCUT2D eigenvalue weighted by Crippen LogP contribution is -1.86. The third kappa shape index (κ3) is 1.99. The van der Waals surface area contributed by atoms with E-state index in [1.165, 1.54) is 0 Å². The Hall–Kier alpha value is -0.770. The molecule has 38 valence electrons. The van der Waals surface area contributed by atoms with Crippen LogP contribution < -0.4 is 0 Å². The minimum atomic E-state index is 0.310. The predicted molar refractivity (Wildman–Crippen MR) is 29.6 cm³/mol. The van der Waals surface area contributed by atoms with Gasteiger partial charge in [-0.1, -0.05) is 20.4 Å². The molecule has 0 N–H and O–H groups in total. The molecule has 0 unspecified atom stereocenters. The molecule has 0 saturated carbocycles. The third-order valence-corrected chi connectivity index (χ3v) is 0.841. The van der Waals surface area contributed by atoms with Gasteiger partial charge in [0.25, 0.3) is 0 Å². The molecule has 0 rings (SSSR count). The third-order valence-electron chi connectivity index (χ3n) is 0.841. The van der Waals surface area contributed by atoms with E-state index in [0.29, 0.717) is 11.5 Å². The fraction of sp³-hybridized carbons (Fsp3) is 0.500. The summed E-state index contributed by atoms with van der Waals surface area (Å²) in [7, 11) is 0. The second-order valence-corrected chi connectivity index (χ2v) is 1.79. The van der Waals surface area contributed by atoms with Crippen LogP contribution in [0.2, 0.25) is 0 Å². The van der Waals surface area contributed by atoms with Crippen molar-refractivity contribution in [3.05, 3.63) is 12.2 Å². The van der Waals surface area contributed by atoms with Gasteiger partial charge in [0.05, 0.1) is 6.07 Å². The number of hydrogen-bond donors (Lipinski definition) is 0. The minimum absolute atomic E-state index is 0.310. The Bertz CT molecular complexity index is 106. The summed E-state index contributed by atoms with van der Waals surface area (Å²) in [6, 6.07) is 1.97. The van der Waals surface area contributed by atoms with Gasteiger partial charge in [0.2, 0.25) is 0 Å². The van der Waals surface area contributed by atoms with E-state index in [4.69, 9.17) is 5.26 Å². The zero-order valence-electron chi connectivity index (χ0n) is 4.73. The smallest absolute Gasteiger partial charge is 0.0943 e. The Morgan fingerprint density at radius 2 is 2.14 bits per heavy atom. The first kappa shape index (κ1) is 6.23. The molecule has 7 heavy (non-hydrogen) atoms. The predicted octanol–water partition coefficient (Wildman–Crippen LogP) is 1.72. The van der Waals surface area contributed by atoms with Gasteiger partial charge in [-0.15, -0.1) is 0 Å². The molecule has 0 aliphatic heterocycles. The fourth-order valence-electron chi connectivity index (χ4n) is 0.129. The zero-order valence-corrected chi connectivity index (χ0v) is 4.73. The molecule has 0 spiro atoms. The van der Waals surface area contributed by atoms with Gasteiger partial charge in [0.15, 0.2) is 0 Å². The Morgan fingerprint density at radius 3 is 2.14 bits per heavy atom. The fourth-order valence-corrected chi connectivity index (χ4v) is 0.129. The maximum atomic E-state index is 8.16. The molecule has 0 bridgehead atoms. The largest absolute Gasteiger partial charge is 0.193 e. The first-order valence-corrected chi connectivity index (χ1v) is 2.27. The standard InChI is InChI=1S/C6H9N/c1-5(2)6(3)4-7/h5H,3H2,1-2H3. The average molecular weight is 95.1 g/mol. The van der Waals surface area contributed by atoms with Gasteiger partial charge in [-0.3, -0.25) is 0 Å². The van der Waals surface area contributed by atoms with E-state index in [-0.39, 0.29) is 0 Å². The van der Waals surface area contributed by atoms with Crippen LogP contribution in [0.15, 0.2) is 12.2 Å². The van der Waals surface area contributed by atoms with Crippen molar-refractivity contribution in [3.63, 3.8) is 0 Å². The second-order valence-electron chi connectivity index (χ2n) is 1.79. The number of nitrogens with zero attached hydrogens (tertiary/aromatic N) is 1. The minimum Gasteiger partial charge on any atom is -0.193 e. The van der Waals surface area contributed by atoms with Crippen LogP contribution in [0.4, 0.5) is 0 Å². The average Bonchev–Trinajstić information content (AvgIpc) is 1.65. The highest BCUT2D eigenvalue weighted by Gasteiger charge is 1.93. The quantitative estimate of drug-likeness (QED) is 0.455. The molecule has 0 aromatic rings. The molecule has 0 fully saturated rings. The molecule has 1 nitrogen and oxygen atoms in total. The van der Waals surface area contributed by atoms with Crippen molar-refractivity contribution < 1.29 is 0 Å².